The van der Waals surface area contributed by atoms with E-state index in [1.54, 1.807) is 24.0 Å². The molecule has 0 aliphatic carbocycles. The highest BCUT2D eigenvalue weighted by atomic mass is 16.5. The lowest BCUT2D eigenvalue weighted by Crippen LogP contribution is -2.44. The zero-order chi connectivity index (χ0) is 27.8. The number of nitrogens with one attached hydrogen (secondary N) is 2. The fraction of sp³-hybridized carbons (Fsp3) is 0.500. The third-order valence-corrected chi connectivity index (χ3v) is 6.18. The van der Waals surface area contributed by atoms with Crippen LogP contribution in [-0.2, 0) is 37.4 Å². The van der Waals surface area contributed by atoms with Gasteiger partial charge in [0.25, 0.3) is 0 Å². The van der Waals surface area contributed by atoms with Gasteiger partial charge in [0.2, 0.25) is 11.8 Å². The van der Waals surface area contributed by atoms with E-state index in [2.05, 4.69) is 20.9 Å². The van der Waals surface area contributed by atoms with Crippen molar-refractivity contribution in [3.63, 3.8) is 0 Å². The highest BCUT2D eigenvalue weighted by molar-refractivity contribution is 6.00. The van der Waals surface area contributed by atoms with Crippen molar-refractivity contribution in [1.82, 2.24) is 34.8 Å². The van der Waals surface area contributed by atoms with E-state index in [9.17, 15) is 19.2 Å². The summed E-state index contributed by atoms with van der Waals surface area (Å²) < 4.78 is 20.8. The van der Waals surface area contributed by atoms with Gasteiger partial charge in [0, 0.05) is 25.6 Å². The molecule has 3 heterocycles. The molecule has 0 radical (unpaired) electrons. The summed E-state index contributed by atoms with van der Waals surface area (Å²) in [6.45, 7) is 2.96. The Morgan fingerprint density at radius 3 is 2.51 bits per heavy atom. The maximum Gasteiger partial charge on any atom is 0.404 e. The van der Waals surface area contributed by atoms with Gasteiger partial charge in [-0.1, -0.05) is 11.3 Å². The predicted molar refractivity (Wildman–Crippen MR) is 136 cm³/mol. The normalized spacial score (nSPS) is 15.6. The molecule has 1 saturated heterocycles. The van der Waals surface area contributed by atoms with Gasteiger partial charge in [0.15, 0.2) is 0 Å². The summed E-state index contributed by atoms with van der Waals surface area (Å²) in [5.41, 5.74) is 2.30. The molecule has 1 fully saturated rings. The van der Waals surface area contributed by atoms with Crippen molar-refractivity contribution in [2.75, 3.05) is 46.2 Å². The predicted octanol–water partition coefficient (Wildman–Crippen LogP) is -0.106. The van der Waals surface area contributed by atoms with Gasteiger partial charge in [0.05, 0.1) is 63.4 Å². The molecule has 0 bridgehead atoms. The molecule has 3 N–H and O–H groups in total. The molecule has 15 heteroatoms. The van der Waals surface area contributed by atoms with Crippen molar-refractivity contribution >= 4 is 28.9 Å². The van der Waals surface area contributed by atoms with Crippen LogP contribution in [0.3, 0.4) is 0 Å². The number of benzene rings is 1. The number of carboxylic acid groups (broad SMARTS) is 1. The van der Waals surface area contributed by atoms with Crippen molar-refractivity contribution in [2.45, 2.75) is 25.4 Å². The van der Waals surface area contributed by atoms with Crippen LogP contribution in [0, 0.1) is 0 Å². The summed E-state index contributed by atoms with van der Waals surface area (Å²) in [6, 6.07) is 4.68. The third-order valence-electron chi connectivity index (χ3n) is 6.18. The van der Waals surface area contributed by atoms with Crippen LogP contribution >= 0.6 is 0 Å². The van der Waals surface area contributed by atoms with E-state index in [-0.39, 0.29) is 37.6 Å². The van der Waals surface area contributed by atoms with Crippen LogP contribution in [0.5, 0.6) is 0 Å². The summed E-state index contributed by atoms with van der Waals surface area (Å²) in [4.78, 5) is 47.2. The number of aryl methyl sites for hydroxylation is 1. The van der Waals surface area contributed by atoms with Gasteiger partial charge in [0.1, 0.15) is 11.7 Å². The molecule has 0 saturated carbocycles. The Morgan fingerprint density at radius 1 is 1.08 bits per heavy atom. The molecule has 1 aliphatic rings. The molecule has 4 rings (SSSR count). The number of nitrogens with zero attached hydrogens (tertiary/aromatic N) is 5. The zero-order valence-electron chi connectivity index (χ0n) is 21.5. The smallest absolute Gasteiger partial charge is 0.404 e. The number of aromatic nitrogens is 5. The molecule has 39 heavy (non-hydrogen) atoms. The van der Waals surface area contributed by atoms with Crippen LogP contribution in [0.4, 0.5) is 4.79 Å². The van der Waals surface area contributed by atoms with Gasteiger partial charge in [-0.25, -0.2) is 14.3 Å². The highest BCUT2D eigenvalue weighted by Crippen LogP contribution is 2.26. The van der Waals surface area contributed by atoms with E-state index in [4.69, 9.17) is 19.3 Å². The summed E-state index contributed by atoms with van der Waals surface area (Å²) in [7, 11) is 1.64. The van der Waals surface area contributed by atoms with Crippen molar-refractivity contribution < 1.29 is 33.7 Å². The minimum atomic E-state index is -1.08. The molecule has 3 amide bonds. The first-order chi connectivity index (χ1) is 18.8. The molecule has 0 spiro atoms. The summed E-state index contributed by atoms with van der Waals surface area (Å²) in [5.74, 6) is -0.807. The van der Waals surface area contributed by atoms with E-state index in [1.807, 2.05) is 12.1 Å². The number of rotatable bonds is 14. The maximum absolute atomic E-state index is 12.9. The van der Waals surface area contributed by atoms with Gasteiger partial charge >= 0.3 is 11.8 Å². The lowest BCUT2D eigenvalue weighted by Gasteiger charge is -2.21. The van der Waals surface area contributed by atoms with E-state index in [1.165, 1.54) is 9.13 Å². The van der Waals surface area contributed by atoms with Crippen molar-refractivity contribution in [1.29, 1.82) is 0 Å². The van der Waals surface area contributed by atoms with Gasteiger partial charge in [-0.2, -0.15) is 0 Å². The SMILES string of the molecule is Cn1c(=O)n(C2CCC(=O)NC2=O)c2ccc(-c3cn(CCOCCOCCOCCNC(=O)O)nn3)cc21. The number of hydrogen-bond acceptors (Lipinski definition) is 9. The number of imidazole rings is 1. The Morgan fingerprint density at radius 2 is 1.79 bits per heavy atom. The van der Waals surface area contributed by atoms with Crippen molar-refractivity contribution in [2.24, 2.45) is 7.05 Å². The minimum Gasteiger partial charge on any atom is -0.465 e. The van der Waals surface area contributed by atoms with Crippen LogP contribution in [0.1, 0.15) is 18.9 Å². The number of carbonyl (C=O) groups is 3. The third kappa shape index (κ3) is 7.07. The first-order valence-corrected chi connectivity index (χ1v) is 12.5. The minimum absolute atomic E-state index is 0.182. The summed E-state index contributed by atoms with van der Waals surface area (Å²) >= 11 is 0. The quantitative estimate of drug-likeness (QED) is 0.183. The number of fused-ring (bicyclic) bond motifs is 1. The number of ether oxygens (including phenoxy) is 3. The van der Waals surface area contributed by atoms with Gasteiger partial charge in [-0.05, 0) is 18.6 Å². The van der Waals surface area contributed by atoms with Gasteiger partial charge in [-0.15, -0.1) is 5.10 Å². The first kappa shape index (κ1) is 27.9. The average molecular weight is 546 g/mol. The molecule has 3 aromatic rings. The second-order valence-electron chi connectivity index (χ2n) is 8.82. The van der Waals surface area contributed by atoms with E-state index >= 15 is 0 Å². The Hall–Kier alpha value is -4.08. The van der Waals surface area contributed by atoms with E-state index in [0.717, 1.165) is 5.56 Å². The fourth-order valence-corrected chi connectivity index (χ4v) is 4.22. The topological polar surface area (TPSA) is 181 Å². The Bertz CT molecular complexity index is 1380. The molecule has 15 nitrogen and oxygen atoms in total. The lowest BCUT2D eigenvalue weighted by atomic mass is 10.1. The lowest BCUT2D eigenvalue weighted by molar-refractivity contribution is -0.135. The molecule has 1 aliphatic heterocycles. The molecule has 210 valence electrons. The molecular formula is C24H31N7O8. The Labute approximate surface area is 222 Å². The maximum atomic E-state index is 12.9. The second kappa shape index (κ2) is 13.1. The highest BCUT2D eigenvalue weighted by Gasteiger charge is 2.31. The van der Waals surface area contributed by atoms with Crippen LogP contribution in [0.2, 0.25) is 0 Å². The van der Waals surface area contributed by atoms with Crippen LogP contribution in [0.25, 0.3) is 22.3 Å². The standard InChI is InChI=1S/C24H31N7O8/c1-29-20-14-16(2-3-18(20)31(24(29)36)19-4-5-21(32)26-22(19)33)17-15-30(28-27-17)7-9-38-11-13-39-12-10-37-8-6-25-23(34)35/h2-3,14-15,19,25H,4-13H2,1H3,(H,34,35)(H,26,32,33). The van der Waals surface area contributed by atoms with Crippen molar-refractivity contribution in [3.05, 3.63) is 34.9 Å². The average Bonchev–Trinajstić information content (AvgIpc) is 3.47. The second-order valence-corrected chi connectivity index (χ2v) is 8.82. The van der Waals surface area contributed by atoms with E-state index < -0.39 is 18.0 Å². The largest absolute Gasteiger partial charge is 0.465 e. The monoisotopic (exact) mass is 545 g/mol. The molecule has 2 aromatic heterocycles. The first-order valence-electron chi connectivity index (χ1n) is 12.5. The molecule has 1 aromatic carbocycles. The van der Waals surface area contributed by atoms with Crippen LogP contribution < -0.4 is 16.3 Å². The van der Waals surface area contributed by atoms with Gasteiger partial charge < -0.3 is 24.6 Å². The van der Waals surface area contributed by atoms with E-state index in [0.29, 0.717) is 56.3 Å². The fourth-order valence-electron chi connectivity index (χ4n) is 4.22. The van der Waals surface area contributed by atoms with Crippen molar-refractivity contribution in [3.8, 4) is 11.3 Å². The van der Waals surface area contributed by atoms with Crippen LogP contribution in [-0.4, -0.2) is 93.3 Å². The molecule has 1 atom stereocenters. The molecular weight excluding hydrogens is 514 g/mol. The number of imide groups is 1. The summed E-state index contributed by atoms with van der Waals surface area (Å²) in [6.07, 6.45) is 1.16. The van der Waals surface area contributed by atoms with Gasteiger partial charge in [-0.3, -0.25) is 24.0 Å². The Balaban J connectivity index is 1.24. The zero-order valence-corrected chi connectivity index (χ0v) is 21.5. The number of amides is 3. The summed E-state index contributed by atoms with van der Waals surface area (Å²) in [5, 5.41) is 21.3. The van der Waals surface area contributed by atoms with Crippen LogP contribution in [0.15, 0.2) is 29.2 Å². The number of hydrogen-bond donors (Lipinski definition) is 3. The number of carbonyl (C=O) groups excluding carboxylic acids is 2. The molecule has 1 unspecified atom stereocenters. The number of piperidine rings is 1. The Kier molecular flexibility index (Phi) is 9.40.